The van der Waals surface area contributed by atoms with E-state index < -0.39 is 0 Å². The van der Waals surface area contributed by atoms with Crippen molar-refractivity contribution in [3.8, 4) is 0 Å². The molecule has 0 aromatic heterocycles. The van der Waals surface area contributed by atoms with Crippen molar-refractivity contribution in [2.75, 3.05) is 37.2 Å². The third kappa shape index (κ3) is 3.63. The van der Waals surface area contributed by atoms with E-state index in [-0.39, 0.29) is 0 Å². The zero-order chi connectivity index (χ0) is 12.1. The fourth-order valence-corrected chi connectivity index (χ4v) is 2.35. The van der Waals surface area contributed by atoms with Crippen LogP contribution in [0.1, 0.15) is 24.8 Å². The van der Waals surface area contributed by atoms with Crippen LogP contribution in [0.3, 0.4) is 0 Å². The van der Waals surface area contributed by atoms with Crippen molar-refractivity contribution in [1.29, 1.82) is 0 Å². The number of likely N-dealkylation sites (tertiary alicyclic amines) is 1. The molecule has 3 heteroatoms. The number of rotatable bonds is 4. The van der Waals surface area contributed by atoms with E-state index in [0.717, 1.165) is 24.5 Å². The minimum absolute atomic E-state index is 0.842. The Morgan fingerprint density at radius 2 is 2.00 bits per heavy atom. The largest absolute Gasteiger partial charge is 0.397 e. The highest BCUT2D eigenvalue weighted by Gasteiger charge is 2.09. The lowest BCUT2D eigenvalue weighted by molar-refractivity contribution is 0.237. The van der Waals surface area contributed by atoms with E-state index in [2.05, 4.69) is 23.2 Å². The Kier molecular flexibility index (Phi) is 4.26. The summed E-state index contributed by atoms with van der Waals surface area (Å²) in [5.41, 5.74) is 9.10. The first kappa shape index (κ1) is 12.2. The molecule has 1 aliphatic rings. The number of hydrogen-bond acceptors (Lipinski definition) is 3. The van der Waals surface area contributed by atoms with E-state index in [1.54, 1.807) is 0 Å². The van der Waals surface area contributed by atoms with Crippen molar-refractivity contribution in [3.05, 3.63) is 23.8 Å². The van der Waals surface area contributed by atoms with Gasteiger partial charge in [-0.25, -0.2) is 0 Å². The molecule has 1 heterocycles. The molecule has 0 saturated carbocycles. The highest BCUT2D eigenvalue weighted by Crippen LogP contribution is 2.19. The summed E-state index contributed by atoms with van der Waals surface area (Å²) in [4.78, 5) is 2.53. The quantitative estimate of drug-likeness (QED) is 0.785. The maximum absolute atomic E-state index is 5.93. The van der Waals surface area contributed by atoms with Crippen LogP contribution in [0.5, 0.6) is 0 Å². The molecule has 1 fully saturated rings. The maximum atomic E-state index is 5.93. The zero-order valence-corrected chi connectivity index (χ0v) is 10.7. The summed E-state index contributed by atoms with van der Waals surface area (Å²) in [5.74, 6) is 0. The summed E-state index contributed by atoms with van der Waals surface area (Å²) in [6, 6.07) is 6.13. The van der Waals surface area contributed by atoms with Gasteiger partial charge in [0.15, 0.2) is 0 Å². The van der Waals surface area contributed by atoms with Gasteiger partial charge in [0.05, 0.1) is 11.4 Å². The van der Waals surface area contributed by atoms with Crippen molar-refractivity contribution in [3.63, 3.8) is 0 Å². The Bertz CT molecular complexity index is 356. The van der Waals surface area contributed by atoms with Gasteiger partial charge in [0.25, 0.3) is 0 Å². The predicted octanol–water partition coefficient (Wildman–Crippen LogP) is 2.48. The molecule has 0 spiro atoms. The molecule has 0 radical (unpaired) electrons. The van der Waals surface area contributed by atoms with Gasteiger partial charge in [0.2, 0.25) is 0 Å². The first-order chi connectivity index (χ1) is 8.25. The lowest BCUT2D eigenvalue weighted by atomic mass is 10.1. The van der Waals surface area contributed by atoms with Crippen LogP contribution >= 0.6 is 0 Å². The van der Waals surface area contributed by atoms with Gasteiger partial charge in [-0.15, -0.1) is 0 Å². The fraction of sp³-hybridized carbons (Fsp3) is 0.571. The number of aryl methyl sites for hydroxylation is 1. The number of hydrogen-bond donors (Lipinski definition) is 2. The van der Waals surface area contributed by atoms with Gasteiger partial charge in [-0.05, 0) is 50.6 Å². The highest BCUT2D eigenvalue weighted by atomic mass is 15.1. The van der Waals surface area contributed by atoms with Crippen LogP contribution in [0, 0.1) is 6.92 Å². The molecule has 0 bridgehead atoms. The van der Waals surface area contributed by atoms with Crippen molar-refractivity contribution in [2.24, 2.45) is 0 Å². The van der Waals surface area contributed by atoms with Crippen LogP contribution in [0.2, 0.25) is 0 Å². The normalized spacial score (nSPS) is 17.0. The molecule has 94 valence electrons. The maximum Gasteiger partial charge on any atom is 0.0577 e. The van der Waals surface area contributed by atoms with E-state index in [4.69, 9.17) is 5.73 Å². The Balaban J connectivity index is 1.79. The molecule has 1 saturated heterocycles. The van der Waals surface area contributed by atoms with E-state index in [0.29, 0.717) is 0 Å². The number of anilines is 2. The van der Waals surface area contributed by atoms with E-state index >= 15 is 0 Å². The van der Waals surface area contributed by atoms with Crippen LogP contribution in [0.15, 0.2) is 18.2 Å². The van der Waals surface area contributed by atoms with Gasteiger partial charge < -0.3 is 16.0 Å². The van der Waals surface area contributed by atoms with Crippen molar-refractivity contribution >= 4 is 11.4 Å². The summed E-state index contributed by atoms with van der Waals surface area (Å²) < 4.78 is 0. The van der Waals surface area contributed by atoms with Gasteiger partial charge in [0.1, 0.15) is 0 Å². The first-order valence-electron chi connectivity index (χ1n) is 6.58. The lowest BCUT2D eigenvalue weighted by Gasteiger charge is -2.26. The van der Waals surface area contributed by atoms with Crippen LogP contribution in [-0.4, -0.2) is 31.1 Å². The van der Waals surface area contributed by atoms with Gasteiger partial charge in [-0.2, -0.15) is 0 Å². The van der Waals surface area contributed by atoms with Crippen molar-refractivity contribution < 1.29 is 0 Å². The van der Waals surface area contributed by atoms with E-state index in [1.165, 1.54) is 37.9 Å². The van der Waals surface area contributed by atoms with Crippen molar-refractivity contribution in [1.82, 2.24) is 4.90 Å². The Hall–Kier alpha value is -1.22. The molecule has 3 nitrogen and oxygen atoms in total. The third-order valence-electron chi connectivity index (χ3n) is 3.40. The number of nitrogen functional groups attached to an aromatic ring is 1. The first-order valence-corrected chi connectivity index (χ1v) is 6.58. The molecule has 3 N–H and O–H groups in total. The monoisotopic (exact) mass is 233 g/mol. The molecule has 0 amide bonds. The lowest BCUT2D eigenvalue weighted by Crippen LogP contribution is -2.33. The molecule has 17 heavy (non-hydrogen) atoms. The second-order valence-corrected chi connectivity index (χ2v) is 4.92. The van der Waals surface area contributed by atoms with Crippen molar-refractivity contribution in [2.45, 2.75) is 26.2 Å². The third-order valence-corrected chi connectivity index (χ3v) is 3.40. The molecule has 2 rings (SSSR count). The fourth-order valence-electron chi connectivity index (χ4n) is 2.35. The summed E-state index contributed by atoms with van der Waals surface area (Å²) in [5, 5.41) is 3.43. The number of piperidine rings is 1. The molecule has 0 atom stereocenters. The second-order valence-electron chi connectivity index (χ2n) is 4.92. The molecule has 1 aliphatic heterocycles. The molecular weight excluding hydrogens is 210 g/mol. The Labute approximate surface area is 104 Å². The van der Waals surface area contributed by atoms with E-state index in [9.17, 15) is 0 Å². The van der Waals surface area contributed by atoms with Gasteiger partial charge in [0, 0.05) is 13.1 Å². The molecule has 1 aromatic rings. The standard InChI is InChI=1S/C14H23N3/c1-12-5-6-13(15)14(11-12)16-7-10-17-8-3-2-4-9-17/h5-6,11,16H,2-4,7-10,15H2,1H3. The van der Waals surface area contributed by atoms with Crippen LogP contribution < -0.4 is 11.1 Å². The minimum Gasteiger partial charge on any atom is -0.397 e. The summed E-state index contributed by atoms with van der Waals surface area (Å²) in [6.45, 7) is 6.70. The highest BCUT2D eigenvalue weighted by molar-refractivity contribution is 5.66. The summed E-state index contributed by atoms with van der Waals surface area (Å²) in [7, 11) is 0. The SMILES string of the molecule is Cc1ccc(N)c(NCCN2CCCCC2)c1. The zero-order valence-electron chi connectivity index (χ0n) is 10.7. The Morgan fingerprint density at radius 1 is 1.24 bits per heavy atom. The van der Waals surface area contributed by atoms with Gasteiger partial charge >= 0.3 is 0 Å². The number of nitrogens with two attached hydrogens (primary N) is 1. The molecule has 1 aromatic carbocycles. The topological polar surface area (TPSA) is 41.3 Å². The number of benzene rings is 1. The van der Waals surface area contributed by atoms with Crippen LogP contribution in [-0.2, 0) is 0 Å². The summed E-state index contributed by atoms with van der Waals surface area (Å²) >= 11 is 0. The molecular formula is C14H23N3. The molecule has 0 aliphatic carbocycles. The Morgan fingerprint density at radius 3 is 2.76 bits per heavy atom. The van der Waals surface area contributed by atoms with Gasteiger partial charge in [-0.1, -0.05) is 12.5 Å². The predicted molar refractivity (Wildman–Crippen MR) is 74.4 cm³/mol. The minimum atomic E-state index is 0.842. The second kappa shape index (κ2) is 5.92. The van der Waals surface area contributed by atoms with Crippen LogP contribution in [0.25, 0.3) is 0 Å². The number of nitrogens with zero attached hydrogens (tertiary/aromatic N) is 1. The van der Waals surface area contributed by atoms with Gasteiger partial charge in [-0.3, -0.25) is 0 Å². The molecule has 0 unspecified atom stereocenters. The average molecular weight is 233 g/mol. The summed E-state index contributed by atoms with van der Waals surface area (Å²) in [6.07, 6.45) is 4.11. The number of nitrogens with one attached hydrogen (secondary N) is 1. The average Bonchev–Trinajstić information content (AvgIpc) is 2.35. The smallest absolute Gasteiger partial charge is 0.0577 e. The van der Waals surface area contributed by atoms with Crippen LogP contribution in [0.4, 0.5) is 11.4 Å². The van der Waals surface area contributed by atoms with E-state index in [1.807, 2.05) is 12.1 Å².